The minimum Gasteiger partial charge on any atom is -0.490 e. The third-order valence-electron chi connectivity index (χ3n) is 5.63. The molecule has 0 saturated carbocycles. The van der Waals surface area contributed by atoms with Crippen molar-refractivity contribution in [2.24, 2.45) is 4.99 Å². The van der Waals surface area contributed by atoms with Gasteiger partial charge in [-0.25, -0.2) is 9.79 Å². The average Bonchev–Trinajstić information content (AvgIpc) is 3.23. The molecule has 11 heteroatoms. The predicted molar refractivity (Wildman–Crippen MR) is 161 cm³/mol. The van der Waals surface area contributed by atoms with Crippen molar-refractivity contribution in [3.05, 3.63) is 81.0 Å². The van der Waals surface area contributed by atoms with Gasteiger partial charge in [-0.2, -0.15) is 0 Å². The van der Waals surface area contributed by atoms with Crippen LogP contribution in [0.25, 0.3) is 6.08 Å². The summed E-state index contributed by atoms with van der Waals surface area (Å²) in [5.74, 6) is 3.54. The maximum Gasteiger partial charge on any atom is 0.337 e. The Bertz CT molecular complexity index is 1670. The highest BCUT2D eigenvalue weighted by molar-refractivity contribution is 14.1. The van der Waals surface area contributed by atoms with Gasteiger partial charge in [-0.3, -0.25) is 9.36 Å². The lowest BCUT2D eigenvalue weighted by atomic mass is 9.97. The molecule has 1 aliphatic heterocycles. The molecule has 39 heavy (non-hydrogen) atoms. The lowest BCUT2D eigenvalue weighted by Crippen LogP contribution is -2.39. The SMILES string of the molecule is C#CCOc1c(I)cc(Br)cc1/C=c1/sc2n(c1=O)[C@H](c1ccc(OCC)c(OCC)c1)C(C(=O)OC)=CN=2. The number of aromatic nitrogens is 1. The first-order valence-electron chi connectivity index (χ1n) is 11.9. The number of carbonyl (C=O) groups excluding carboxylic acids is 1. The Morgan fingerprint density at radius 1 is 1.21 bits per heavy atom. The number of rotatable bonds is 9. The first kappa shape index (κ1) is 28.9. The molecule has 2 aromatic carbocycles. The van der Waals surface area contributed by atoms with Crippen LogP contribution < -0.4 is 29.1 Å². The number of benzene rings is 2. The second-order valence-corrected chi connectivity index (χ2v) is 11.1. The van der Waals surface area contributed by atoms with Crippen LogP contribution in [0.4, 0.5) is 0 Å². The van der Waals surface area contributed by atoms with Gasteiger partial charge in [0.25, 0.3) is 5.56 Å². The summed E-state index contributed by atoms with van der Waals surface area (Å²) < 4.78 is 25.9. The number of carbonyl (C=O) groups is 1. The molecule has 0 aliphatic carbocycles. The number of hydrogen-bond acceptors (Lipinski definition) is 8. The summed E-state index contributed by atoms with van der Waals surface area (Å²) >= 11 is 6.88. The maximum absolute atomic E-state index is 13.9. The van der Waals surface area contributed by atoms with E-state index in [4.69, 9.17) is 25.4 Å². The monoisotopic (exact) mass is 722 g/mol. The molecule has 8 nitrogen and oxygen atoms in total. The number of hydrogen-bond donors (Lipinski definition) is 0. The van der Waals surface area contributed by atoms with Crippen LogP contribution in [0.15, 0.2) is 56.4 Å². The van der Waals surface area contributed by atoms with Crippen LogP contribution in [0, 0.1) is 15.9 Å². The van der Waals surface area contributed by atoms with Crippen molar-refractivity contribution < 1.29 is 23.7 Å². The molecule has 0 saturated heterocycles. The highest BCUT2D eigenvalue weighted by Crippen LogP contribution is 2.35. The summed E-state index contributed by atoms with van der Waals surface area (Å²) in [5, 5.41) is 0. The topological polar surface area (TPSA) is 88.3 Å². The molecule has 3 aromatic rings. The summed E-state index contributed by atoms with van der Waals surface area (Å²) in [6.45, 7) is 4.72. The van der Waals surface area contributed by atoms with E-state index in [0.29, 0.717) is 50.9 Å². The van der Waals surface area contributed by atoms with Gasteiger partial charge in [0, 0.05) is 16.2 Å². The third-order valence-corrected chi connectivity index (χ3v) is 7.89. The molecule has 0 amide bonds. The van der Waals surface area contributed by atoms with Crippen molar-refractivity contribution in [3.63, 3.8) is 0 Å². The fourth-order valence-electron chi connectivity index (χ4n) is 4.08. The number of halogens is 2. The van der Waals surface area contributed by atoms with E-state index in [-0.39, 0.29) is 17.7 Å². The van der Waals surface area contributed by atoms with Crippen LogP contribution in [0.1, 0.15) is 31.0 Å². The van der Waals surface area contributed by atoms with Crippen molar-refractivity contribution in [1.82, 2.24) is 4.57 Å². The highest BCUT2D eigenvalue weighted by atomic mass is 127. The molecule has 0 N–H and O–H groups in total. The van der Waals surface area contributed by atoms with Crippen molar-refractivity contribution in [3.8, 4) is 29.6 Å². The summed E-state index contributed by atoms with van der Waals surface area (Å²) in [5.41, 5.74) is 1.23. The lowest BCUT2D eigenvalue weighted by molar-refractivity contribution is -0.136. The van der Waals surface area contributed by atoms with E-state index >= 15 is 0 Å². The van der Waals surface area contributed by atoms with Crippen LogP contribution in [0.5, 0.6) is 17.2 Å². The Hall–Kier alpha value is -3.08. The van der Waals surface area contributed by atoms with Crippen LogP contribution in [-0.2, 0) is 9.53 Å². The third kappa shape index (κ3) is 6.08. The Morgan fingerprint density at radius 2 is 1.95 bits per heavy atom. The molecule has 0 radical (unpaired) electrons. The van der Waals surface area contributed by atoms with Gasteiger partial charge >= 0.3 is 5.97 Å². The van der Waals surface area contributed by atoms with E-state index in [0.717, 1.165) is 8.04 Å². The molecule has 0 bridgehead atoms. The average molecular weight is 723 g/mol. The summed E-state index contributed by atoms with van der Waals surface area (Å²) in [7, 11) is 1.29. The van der Waals surface area contributed by atoms with Gasteiger partial charge in [0.15, 0.2) is 16.3 Å². The van der Waals surface area contributed by atoms with E-state index in [2.05, 4.69) is 49.4 Å². The van der Waals surface area contributed by atoms with Crippen molar-refractivity contribution in [2.45, 2.75) is 19.9 Å². The Balaban J connectivity index is 1.93. The Kier molecular flexibility index (Phi) is 9.53. The van der Waals surface area contributed by atoms with Crippen molar-refractivity contribution in [2.75, 3.05) is 26.9 Å². The molecule has 1 atom stereocenters. The second-order valence-electron chi connectivity index (χ2n) is 8.05. The smallest absolute Gasteiger partial charge is 0.337 e. The predicted octanol–water partition coefficient (Wildman–Crippen LogP) is 4.19. The van der Waals surface area contributed by atoms with Crippen LogP contribution in [0.2, 0.25) is 0 Å². The van der Waals surface area contributed by atoms with Gasteiger partial charge in [-0.15, -0.1) is 6.42 Å². The molecule has 0 fully saturated rings. The molecular formula is C28H24BrIN2O6S. The number of terminal acetylenes is 1. The zero-order valence-electron chi connectivity index (χ0n) is 21.3. The number of nitrogens with zero attached hydrogens (tertiary/aromatic N) is 2. The van der Waals surface area contributed by atoms with Gasteiger partial charge in [0.05, 0.1) is 40.0 Å². The zero-order chi connectivity index (χ0) is 28.1. The number of ether oxygens (including phenoxy) is 4. The van der Waals surface area contributed by atoms with Crippen molar-refractivity contribution in [1.29, 1.82) is 0 Å². The van der Waals surface area contributed by atoms with Gasteiger partial charge in [-0.1, -0.05) is 39.3 Å². The maximum atomic E-state index is 13.9. The largest absolute Gasteiger partial charge is 0.490 e. The number of thiazole rings is 1. The Labute approximate surface area is 251 Å². The van der Waals surface area contributed by atoms with Gasteiger partial charge in [-0.05, 0) is 72.3 Å². The van der Waals surface area contributed by atoms with Crippen LogP contribution >= 0.6 is 49.9 Å². The van der Waals surface area contributed by atoms with Gasteiger partial charge in [0.2, 0.25) is 0 Å². The molecule has 1 aromatic heterocycles. The lowest BCUT2D eigenvalue weighted by Gasteiger charge is -2.23. The first-order valence-corrected chi connectivity index (χ1v) is 14.6. The fourth-order valence-corrected chi connectivity index (χ4v) is 6.75. The molecule has 1 aliphatic rings. The standard InChI is InChI=1S/C28H24BrIN2O6S/c1-5-10-38-25-17(11-18(29)14-20(25)30)13-23-26(33)32-24(19(27(34)35-4)15-31-28(32)39-23)16-8-9-21(36-6-2)22(12-16)37-7-3/h1,8-9,11-15,24H,6-7,10H2,2-4H3/b23-13+/t24-/m1/s1. The van der Waals surface area contributed by atoms with Crippen LogP contribution in [0.3, 0.4) is 0 Å². The minimum atomic E-state index is -0.787. The Morgan fingerprint density at radius 3 is 2.64 bits per heavy atom. The van der Waals surface area contributed by atoms with E-state index in [1.54, 1.807) is 24.3 Å². The number of esters is 1. The normalized spacial score (nSPS) is 14.5. The van der Waals surface area contributed by atoms with E-state index in [9.17, 15) is 9.59 Å². The fraction of sp³-hybridized carbons (Fsp3) is 0.250. The number of fused-ring (bicyclic) bond motifs is 1. The summed E-state index contributed by atoms with van der Waals surface area (Å²) in [6, 6.07) is 8.32. The second kappa shape index (κ2) is 12.8. The summed E-state index contributed by atoms with van der Waals surface area (Å²) in [4.78, 5) is 31.6. The first-order chi connectivity index (χ1) is 18.8. The molecule has 0 unspecified atom stereocenters. The van der Waals surface area contributed by atoms with Gasteiger partial charge in [0.1, 0.15) is 12.4 Å². The molecule has 4 rings (SSSR count). The molecule has 2 heterocycles. The zero-order valence-corrected chi connectivity index (χ0v) is 25.9. The summed E-state index contributed by atoms with van der Waals surface area (Å²) in [6.07, 6.45) is 8.60. The number of methoxy groups -OCH3 is 1. The molecular weight excluding hydrogens is 699 g/mol. The molecule has 0 spiro atoms. The van der Waals surface area contributed by atoms with Crippen LogP contribution in [-0.4, -0.2) is 37.5 Å². The van der Waals surface area contributed by atoms with E-state index in [1.807, 2.05) is 26.0 Å². The minimum absolute atomic E-state index is 0.0854. The highest BCUT2D eigenvalue weighted by Gasteiger charge is 2.31. The van der Waals surface area contributed by atoms with Crippen molar-refractivity contribution >= 4 is 61.9 Å². The quantitative estimate of drug-likeness (QED) is 0.187. The van der Waals surface area contributed by atoms with Gasteiger partial charge < -0.3 is 18.9 Å². The van der Waals surface area contributed by atoms with E-state index < -0.39 is 12.0 Å². The molecule has 202 valence electrons. The van der Waals surface area contributed by atoms with E-state index in [1.165, 1.54) is 29.2 Å².